The van der Waals surface area contributed by atoms with E-state index < -0.39 is 64.3 Å². The molecule has 2 aliphatic heterocycles. The van der Waals surface area contributed by atoms with E-state index in [4.69, 9.17) is 23.2 Å². The predicted molar refractivity (Wildman–Crippen MR) is 178 cm³/mol. The molecule has 0 spiro atoms. The van der Waals surface area contributed by atoms with Crippen LogP contribution in [0.4, 0.5) is 15.8 Å². The highest BCUT2D eigenvalue weighted by molar-refractivity contribution is 6.32. The first-order chi connectivity index (χ1) is 23.1. The van der Waals surface area contributed by atoms with Crippen LogP contribution in [0.25, 0.3) is 0 Å². The summed E-state index contributed by atoms with van der Waals surface area (Å²) < 4.78 is 15.2. The van der Waals surface area contributed by atoms with Crippen LogP contribution in [0.2, 0.25) is 10.0 Å². The van der Waals surface area contributed by atoms with Gasteiger partial charge in [-0.3, -0.25) is 24.1 Å². The number of imide groups is 2. The van der Waals surface area contributed by atoms with Gasteiger partial charge in [-0.05, 0) is 72.9 Å². The van der Waals surface area contributed by atoms with Crippen LogP contribution in [0, 0.1) is 29.5 Å². The fourth-order valence-corrected chi connectivity index (χ4v) is 9.01. The number of para-hydroxylation sites is 1. The first-order valence-electron chi connectivity index (χ1n) is 15.6. The number of halogens is 3. The molecule has 1 saturated carbocycles. The second-order valence-corrected chi connectivity index (χ2v) is 13.6. The van der Waals surface area contributed by atoms with E-state index in [1.54, 1.807) is 78.9 Å². The van der Waals surface area contributed by atoms with E-state index in [0.29, 0.717) is 26.9 Å². The molecule has 4 aliphatic rings. The van der Waals surface area contributed by atoms with Crippen LogP contribution in [-0.4, -0.2) is 28.7 Å². The molecule has 3 fully saturated rings. The van der Waals surface area contributed by atoms with Crippen molar-refractivity contribution >= 4 is 58.2 Å². The fraction of sp³-hybridized carbons (Fsp3) is 0.211. The number of fused-ring (bicyclic) bond motifs is 4. The first-order valence-corrected chi connectivity index (χ1v) is 16.4. The number of amides is 4. The summed E-state index contributed by atoms with van der Waals surface area (Å²) in [6, 6.07) is 25.9. The molecule has 6 atom stereocenters. The molecular formula is C38H27Cl2FN2O5. The Morgan fingerprint density at radius 3 is 2.19 bits per heavy atom. The Hall–Kier alpha value is -4.79. The summed E-state index contributed by atoms with van der Waals surface area (Å²) >= 11 is 12.4. The third-order valence-electron chi connectivity index (χ3n) is 10.6. The minimum Gasteiger partial charge on any atom is -0.505 e. The molecule has 4 amide bonds. The monoisotopic (exact) mass is 680 g/mol. The van der Waals surface area contributed by atoms with Crippen LogP contribution in [0.3, 0.4) is 0 Å². The predicted octanol–water partition coefficient (Wildman–Crippen LogP) is 7.21. The average molecular weight is 682 g/mol. The van der Waals surface area contributed by atoms with E-state index in [2.05, 4.69) is 0 Å². The molecule has 1 N–H and O–H groups in total. The number of carbonyl (C=O) groups excluding carboxylic acids is 4. The molecule has 0 bridgehead atoms. The standard InChI is InChI=1S/C38H27Cl2FN2O5/c39-21-12-14-23(15-13-21)42-34(45)26-17-16-25-28(31(26)36(42)47)19-29-35(46)43(24-9-4-8-22(40)18-24)37(48)38(29,20-6-2-1-3-7-20)32(25)27-10-5-11-30(41)33(27)44/h1-16,18,26,28-29,31-32,44H,17,19H2. The lowest BCUT2D eigenvalue weighted by molar-refractivity contribution is -0.127. The summed E-state index contributed by atoms with van der Waals surface area (Å²) in [5.74, 6) is -7.64. The molecule has 0 radical (unpaired) electrons. The van der Waals surface area contributed by atoms with E-state index in [9.17, 15) is 19.5 Å². The second kappa shape index (κ2) is 11.1. The first kappa shape index (κ1) is 30.5. The van der Waals surface area contributed by atoms with Gasteiger partial charge in [-0.15, -0.1) is 0 Å². The summed E-state index contributed by atoms with van der Waals surface area (Å²) in [4.78, 5) is 60.4. The zero-order chi connectivity index (χ0) is 33.5. The Morgan fingerprint density at radius 2 is 1.46 bits per heavy atom. The lowest BCUT2D eigenvalue weighted by Gasteiger charge is -2.50. The molecule has 4 aromatic rings. The SMILES string of the molecule is O=C1C2CC=C3C(CC4C(=O)N(c5cccc(Cl)c5)C(=O)C4(c4ccccc4)C3c3cccc(F)c3O)C2C(=O)N1c1ccc(Cl)cc1. The van der Waals surface area contributed by atoms with Gasteiger partial charge in [0, 0.05) is 21.5 Å². The van der Waals surface area contributed by atoms with Crippen molar-refractivity contribution in [2.24, 2.45) is 23.7 Å². The van der Waals surface area contributed by atoms with Crippen LogP contribution in [0.5, 0.6) is 5.75 Å². The van der Waals surface area contributed by atoms with Gasteiger partial charge in [-0.25, -0.2) is 9.29 Å². The quantitative estimate of drug-likeness (QED) is 0.182. The largest absolute Gasteiger partial charge is 0.505 e. The summed E-state index contributed by atoms with van der Waals surface area (Å²) in [6.07, 6.45) is 2.12. The Labute approximate surface area is 285 Å². The zero-order valence-electron chi connectivity index (χ0n) is 25.2. The summed E-state index contributed by atoms with van der Waals surface area (Å²) in [6.45, 7) is 0. The van der Waals surface area contributed by atoms with Gasteiger partial charge in [0.05, 0.1) is 34.5 Å². The molecule has 240 valence electrons. The van der Waals surface area contributed by atoms with Crippen LogP contribution < -0.4 is 9.80 Å². The number of nitrogens with zero attached hydrogens (tertiary/aromatic N) is 2. The number of hydrogen-bond donors (Lipinski definition) is 1. The Bertz CT molecular complexity index is 2070. The van der Waals surface area contributed by atoms with Crippen molar-refractivity contribution in [2.45, 2.75) is 24.2 Å². The number of hydrogen-bond acceptors (Lipinski definition) is 5. The van der Waals surface area contributed by atoms with Crippen LogP contribution in [0.15, 0.2) is 109 Å². The highest BCUT2D eigenvalue weighted by Crippen LogP contribution is 2.65. The molecule has 4 aromatic carbocycles. The Balaban J connectivity index is 1.36. The third-order valence-corrected chi connectivity index (χ3v) is 11.1. The maximum atomic E-state index is 15.2. The number of carbonyl (C=O) groups is 4. The van der Waals surface area contributed by atoms with Crippen molar-refractivity contribution in [1.29, 1.82) is 0 Å². The van der Waals surface area contributed by atoms with Crippen LogP contribution in [-0.2, 0) is 24.6 Å². The summed E-state index contributed by atoms with van der Waals surface area (Å²) in [7, 11) is 0. The lowest BCUT2D eigenvalue weighted by Crippen LogP contribution is -2.53. The van der Waals surface area contributed by atoms with E-state index in [-0.39, 0.29) is 30.0 Å². The van der Waals surface area contributed by atoms with Crippen LogP contribution in [0.1, 0.15) is 29.9 Å². The molecule has 6 unspecified atom stereocenters. The minimum atomic E-state index is -1.62. The molecule has 2 aliphatic carbocycles. The number of anilines is 2. The van der Waals surface area contributed by atoms with Gasteiger partial charge in [0.25, 0.3) is 0 Å². The average Bonchev–Trinajstić information content (AvgIpc) is 3.47. The fourth-order valence-electron chi connectivity index (χ4n) is 8.70. The minimum absolute atomic E-state index is 0.0730. The van der Waals surface area contributed by atoms with E-state index in [1.165, 1.54) is 17.0 Å². The van der Waals surface area contributed by atoms with Crippen molar-refractivity contribution in [3.63, 3.8) is 0 Å². The molecule has 0 aromatic heterocycles. The molecule has 2 saturated heterocycles. The van der Waals surface area contributed by atoms with Crippen molar-refractivity contribution in [2.75, 3.05) is 9.80 Å². The molecule has 7 nitrogen and oxygen atoms in total. The molecular weight excluding hydrogens is 654 g/mol. The highest BCUT2D eigenvalue weighted by atomic mass is 35.5. The molecule has 2 heterocycles. The maximum Gasteiger partial charge on any atom is 0.246 e. The topological polar surface area (TPSA) is 95.0 Å². The Morgan fingerprint density at radius 1 is 0.729 bits per heavy atom. The highest BCUT2D eigenvalue weighted by Gasteiger charge is 2.70. The number of rotatable bonds is 4. The zero-order valence-corrected chi connectivity index (χ0v) is 26.7. The van der Waals surface area contributed by atoms with Gasteiger partial charge in [0.1, 0.15) is 0 Å². The number of phenols is 1. The molecule has 8 rings (SSSR count). The van der Waals surface area contributed by atoms with Gasteiger partial charge >= 0.3 is 0 Å². The van der Waals surface area contributed by atoms with Gasteiger partial charge in [0.15, 0.2) is 11.6 Å². The van der Waals surface area contributed by atoms with Crippen molar-refractivity contribution in [3.05, 3.63) is 136 Å². The summed E-state index contributed by atoms with van der Waals surface area (Å²) in [5, 5.41) is 12.1. The van der Waals surface area contributed by atoms with Gasteiger partial charge < -0.3 is 5.11 Å². The summed E-state index contributed by atoms with van der Waals surface area (Å²) in [5.41, 5.74) is 0.301. The normalized spacial score (nSPS) is 27.9. The maximum absolute atomic E-state index is 15.2. The number of allylic oxidation sites excluding steroid dienone is 2. The van der Waals surface area contributed by atoms with Crippen molar-refractivity contribution in [3.8, 4) is 5.75 Å². The van der Waals surface area contributed by atoms with Crippen LogP contribution >= 0.6 is 23.2 Å². The van der Waals surface area contributed by atoms with Crippen molar-refractivity contribution < 1.29 is 28.7 Å². The number of aromatic hydroxyl groups is 1. The van der Waals surface area contributed by atoms with Crippen molar-refractivity contribution in [1.82, 2.24) is 0 Å². The third kappa shape index (κ3) is 4.18. The van der Waals surface area contributed by atoms with Gasteiger partial charge in [0.2, 0.25) is 23.6 Å². The van der Waals surface area contributed by atoms with E-state index in [0.717, 1.165) is 11.0 Å². The molecule has 48 heavy (non-hydrogen) atoms. The lowest BCUT2D eigenvalue weighted by atomic mass is 9.49. The smallest absolute Gasteiger partial charge is 0.246 e. The van der Waals surface area contributed by atoms with E-state index in [1.807, 2.05) is 6.08 Å². The number of phenolic OH excluding ortho intramolecular Hbond substituents is 1. The van der Waals surface area contributed by atoms with Gasteiger partial charge in [-0.2, -0.15) is 0 Å². The molecule has 10 heteroatoms. The Kier molecular flexibility index (Phi) is 7.09. The van der Waals surface area contributed by atoms with E-state index >= 15 is 9.18 Å². The second-order valence-electron chi connectivity index (χ2n) is 12.8. The van der Waals surface area contributed by atoms with Gasteiger partial charge in [-0.1, -0.05) is 83.4 Å². The number of benzene rings is 4.